The molecule has 18 heavy (non-hydrogen) atoms. The van der Waals surface area contributed by atoms with Crippen LogP contribution in [0, 0.1) is 10.1 Å². The molecule has 8 nitrogen and oxygen atoms in total. The van der Waals surface area contributed by atoms with Gasteiger partial charge in [0.05, 0.1) is 11.0 Å². The van der Waals surface area contributed by atoms with Crippen LogP contribution in [0.2, 0.25) is 0 Å². The Hall–Kier alpha value is -2.59. The summed E-state index contributed by atoms with van der Waals surface area (Å²) >= 11 is 0. The summed E-state index contributed by atoms with van der Waals surface area (Å²) in [6.45, 7) is 0. The number of aromatic nitrogens is 1. The highest BCUT2D eigenvalue weighted by atomic mass is 19.4. The maximum atomic E-state index is 11.9. The van der Waals surface area contributed by atoms with E-state index >= 15 is 0 Å². The second-order valence-corrected chi connectivity index (χ2v) is 2.83. The molecule has 1 aromatic rings. The summed E-state index contributed by atoms with van der Waals surface area (Å²) in [5.74, 6) is -3.46. The number of nitrogens with one attached hydrogen (secondary N) is 1. The second kappa shape index (κ2) is 4.35. The topological polar surface area (TPSA) is 123 Å². The second-order valence-electron chi connectivity index (χ2n) is 2.83. The number of nitro groups is 1. The fourth-order valence-corrected chi connectivity index (χ4v) is 1.07. The molecule has 1 heterocycles. The van der Waals surface area contributed by atoms with Gasteiger partial charge >= 0.3 is 18.0 Å². The average molecular weight is 268 g/mol. The molecule has 0 radical (unpaired) electrons. The van der Waals surface area contributed by atoms with E-state index in [1.54, 1.807) is 0 Å². The van der Waals surface area contributed by atoms with Gasteiger partial charge in [-0.2, -0.15) is 0 Å². The molecule has 0 aliphatic heterocycles. The van der Waals surface area contributed by atoms with E-state index in [1.165, 1.54) is 4.98 Å². The van der Waals surface area contributed by atoms with Crippen LogP contribution < -0.4 is 10.3 Å². The third-order valence-corrected chi connectivity index (χ3v) is 1.60. The first-order chi connectivity index (χ1) is 8.11. The monoisotopic (exact) mass is 268 g/mol. The molecule has 1 rings (SSSR count). The summed E-state index contributed by atoms with van der Waals surface area (Å²) < 4.78 is 39.1. The number of carboxylic acids is 1. The Morgan fingerprint density at radius 2 is 2.06 bits per heavy atom. The smallest absolute Gasteiger partial charge is 0.476 e. The molecule has 0 saturated heterocycles. The number of carboxylic acid groups (broad SMARTS) is 1. The van der Waals surface area contributed by atoms with Gasteiger partial charge in [-0.05, 0) is 0 Å². The third-order valence-electron chi connectivity index (χ3n) is 1.60. The van der Waals surface area contributed by atoms with Crippen molar-refractivity contribution < 1.29 is 32.7 Å². The maximum Gasteiger partial charge on any atom is 0.573 e. The van der Waals surface area contributed by atoms with Gasteiger partial charge in [0.25, 0.3) is 5.56 Å². The summed E-state index contributed by atoms with van der Waals surface area (Å²) in [4.78, 5) is 32.1. The Morgan fingerprint density at radius 3 is 2.44 bits per heavy atom. The van der Waals surface area contributed by atoms with Crippen molar-refractivity contribution in [2.75, 3.05) is 0 Å². The van der Waals surface area contributed by atoms with E-state index in [2.05, 4.69) is 4.74 Å². The summed E-state index contributed by atoms with van der Waals surface area (Å²) in [5, 5.41) is 19.1. The van der Waals surface area contributed by atoms with Crippen molar-refractivity contribution >= 4 is 11.7 Å². The molecule has 1 aromatic heterocycles. The first-order valence-electron chi connectivity index (χ1n) is 4.02. The van der Waals surface area contributed by atoms with E-state index in [0.29, 0.717) is 0 Å². The maximum absolute atomic E-state index is 11.9. The summed E-state index contributed by atoms with van der Waals surface area (Å²) in [7, 11) is 0. The van der Waals surface area contributed by atoms with Gasteiger partial charge in [0.1, 0.15) is 0 Å². The summed E-state index contributed by atoms with van der Waals surface area (Å²) in [6, 6.07) is 0.137. The highest BCUT2D eigenvalue weighted by Crippen LogP contribution is 2.32. The van der Waals surface area contributed by atoms with Crippen LogP contribution in [0.5, 0.6) is 5.75 Å². The number of carbonyl (C=O) groups is 1. The zero-order valence-electron chi connectivity index (χ0n) is 8.15. The van der Waals surface area contributed by atoms with Crippen LogP contribution in [-0.2, 0) is 0 Å². The first kappa shape index (κ1) is 13.5. The van der Waals surface area contributed by atoms with Gasteiger partial charge in [-0.1, -0.05) is 0 Å². The van der Waals surface area contributed by atoms with Crippen molar-refractivity contribution in [2.24, 2.45) is 0 Å². The average Bonchev–Trinajstić information content (AvgIpc) is 2.12. The molecule has 0 bridgehead atoms. The molecule has 0 amide bonds. The Morgan fingerprint density at radius 1 is 1.50 bits per heavy atom. The lowest BCUT2D eigenvalue weighted by molar-refractivity contribution is -0.389. The number of ether oxygens (including phenoxy) is 1. The van der Waals surface area contributed by atoms with Gasteiger partial charge in [0, 0.05) is 0 Å². The lowest BCUT2D eigenvalue weighted by Crippen LogP contribution is -2.22. The molecule has 0 spiro atoms. The van der Waals surface area contributed by atoms with E-state index in [9.17, 15) is 32.9 Å². The molecule has 0 aliphatic rings. The zero-order valence-corrected chi connectivity index (χ0v) is 8.15. The predicted molar refractivity (Wildman–Crippen MR) is 47.4 cm³/mol. The van der Waals surface area contributed by atoms with Gasteiger partial charge in [-0.3, -0.25) is 14.9 Å². The molecular weight excluding hydrogens is 265 g/mol. The van der Waals surface area contributed by atoms with Gasteiger partial charge in [0.2, 0.25) is 11.4 Å². The minimum Gasteiger partial charge on any atom is -0.476 e. The Balaban J connectivity index is 3.54. The van der Waals surface area contributed by atoms with Gasteiger partial charge < -0.3 is 14.8 Å². The van der Waals surface area contributed by atoms with Crippen LogP contribution in [0.4, 0.5) is 18.9 Å². The van der Waals surface area contributed by atoms with Crippen molar-refractivity contribution in [2.45, 2.75) is 6.36 Å². The summed E-state index contributed by atoms with van der Waals surface area (Å²) in [6.07, 6.45) is -5.30. The number of hydrogen-bond donors (Lipinski definition) is 2. The van der Waals surface area contributed by atoms with Gasteiger partial charge in [0.15, 0.2) is 0 Å². The lowest BCUT2D eigenvalue weighted by Gasteiger charge is -2.09. The Kier molecular flexibility index (Phi) is 3.26. The van der Waals surface area contributed by atoms with Crippen LogP contribution in [0.25, 0.3) is 0 Å². The van der Waals surface area contributed by atoms with E-state index in [-0.39, 0.29) is 6.07 Å². The molecule has 0 fully saturated rings. The molecule has 2 N–H and O–H groups in total. The Labute approximate surface area is 94.8 Å². The third kappa shape index (κ3) is 2.96. The number of rotatable bonds is 3. The quantitative estimate of drug-likeness (QED) is 0.619. The van der Waals surface area contributed by atoms with Gasteiger partial charge in [-0.15, -0.1) is 13.2 Å². The number of hydrogen-bond acceptors (Lipinski definition) is 5. The fourth-order valence-electron chi connectivity index (χ4n) is 1.07. The van der Waals surface area contributed by atoms with Crippen LogP contribution in [-0.4, -0.2) is 27.3 Å². The largest absolute Gasteiger partial charge is 0.573 e. The fraction of sp³-hybridized carbons (Fsp3) is 0.143. The van der Waals surface area contributed by atoms with Gasteiger partial charge in [-0.25, -0.2) is 4.79 Å². The highest BCUT2D eigenvalue weighted by Gasteiger charge is 2.37. The molecule has 0 aliphatic carbocycles. The van der Waals surface area contributed by atoms with Crippen LogP contribution in [0.1, 0.15) is 10.5 Å². The number of nitrogens with zero attached hydrogens (tertiary/aromatic N) is 1. The molecule has 11 heteroatoms. The molecule has 0 saturated carbocycles. The van der Waals surface area contributed by atoms with Crippen LogP contribution in [0.3, 0.4) is 0 Å². The standard InChI is InChI=1S/C7H3F3N2O6/c8-7(9,10)18-2-1-3(13)11-4(6(14)15)5(2)12(16)17/h1H,(H,11,13)(H,14,15). The number of aromatic amines is 1. The minimum absolute atomic E-state index is 0.137. The van der Waals surface area contributed by atoms with Crippen molar-refractivity contribution in [3.63, 3.8) is 0 Å². The SMILES string of the molecule is O=C(O)c1[nH]c(=O)cc(OC(F)(F)F)c1[N+](=O)[O-]. The Bertz CT molecular complexity index is 563. The molecule has 0 unspecified atom stereocenters. The molecule has 0 aromatic carbocycles. The number of H-pyrrole nitrogens is 1. The number of alkyl halides is 3. The number of pyridine rings is 1. The highest BCUT2D eigenvalue weighted by molar-refractivity contribution is 5.91. The summed E-state index contributed by atoms with van der Waals surface area (Å²) in [5.41, 5.74) is -4.07. The number of halogens is 3. The van der Waals surface area contributed by atoms with E-state index in [0.717, 1.165) is 0 Å². The molecule has 98 valence electrons. The van der Waals surface area contributed by atoms with Crippen molar-refractivity contribution in [3.8, 4) is 5.75 Å². The van der Waals surface area contributed by atoms with Crippen molar-refractivity contribution in [3.05, 3.63) is 32.2 Å². The van der Waals surface area contributed by atoms with E-state index in [4.69, 9.17) is 5.11 Å². The molecular formula is C7H3F3N2O6. The van der Waals surface area contributed by atoms with Crippen LogP contribution >= 0.6 is 0 Å². The van der Waals surface area contributed by atoms with Crippen molar-refractivity contribution in [1.29, 1.82) is 0 Å². The van der Waals surface area contributed by atoms with E-state index < -0.39 is 39.9 Å². The minimum atomic E-state index is -5.30. The van der Waals surface area contributed by atoms with E-state index in [1.807, 2.05) is 0 Å². The van der Waals surface area contributed by atoms with Crippen molar-refractivity contribution in [1.82, 2.24) is 4.98 Å². The first-order valence-corrected chi connectivity index (χ1v) is 4.02. The lowest BCUT2D eigenvalue weighted by atomic mass is 10.3. The zero-order chi connectivity index (χ0) is 14.1. The molecule has 0 atom stereocenters. The normalized spacial score (nSPS) is 11.1. The van der Waals surface area contributed by atoms with Crippen LogP contribution in [0.15, 0.2) is 10.9 Å². The predicted octanol–water partition coefficient (Wildman–Crippen LogP) is 0.880. The number of aromatic carboxylic acids is 1.